The number of ether oxygens (including phenoxy) is 1. The Morgan fingerprint density at radius 2 is 1.92 bits per heavy atom. The standard InChI is InChI=1S/C21H27N3O2/c1-16-15-26-12-11-23(16)18-13-20(22-21(25)14-18)24-10-6-5-9-19(24)17-7-3-2-4-8-17/h2-4,7-8,13-14,16,19H,5-6,9-12,15H2,1H3,(H,22,25)/t16-,19-/m1/s1. The van der Waals surface area contributed by atoms with Crippen molar-refractivity contribution in [1.29, 1.82) is 0 Å². The van der Waals surface area contributed by atoms with Crippen LogP contribution >= 0.6 is 0 Å². The maximum Gasteiger partial charge on any atom is 0.251 e. The molecule has 3 heterocycles. The van der Waals surface area contributed by atoms with Gasteiger partial charge in [-0.15, -0.1) is 0 Å². The van der Waals surface area contributed by atoms with Gasteiger partial charge in [-0.2, -0.15) is 0 Å². The molecule has 0 saturated carbocycles. The van der Waals surface area contributed by atoms with Crippen LogP contribution in [-0.2, 0) is 4.74 Å². The zero-order valence-corrected chi connectivity index (χ0v) is 15.4. The van der Waals surface area contributed by atoms with Gasteiger partial charge in [0, 0.05) is 37.0 Å². The lowest BCUT2D eigenvalue weighted by Gasteiger charge is -2.39. The van der Waals surface area contributed by atoms with Crippen LogP contribution in [0.1, 0.15) is 37.8 Å². The van der Waals surface area contributed by atoms with Crippen LogP contribution in [0.25, 0.3) is 0 Å². The van der Waals surface area contributed by atoms with Crippen molar-refractivity contribution in [3.63, 3.8) is 0 Å². The number of anilines is 2. The fraction of sp³-hybridized carbons (Fsp3) is 0.476. The van der Waals surface area contributed by atoms with E-state index in [0.717, 1.165) is 37.4 Å². The third-order valence-electron chi connectivity index (χ3n) is 5.51. The van der Waals surface area contributed by atoms with Crippen LogP contribution in [0.3, 0.4) is 0 Å². The molecule has 5 heteroatoms. The van der Waals surface area contributed by atoms with Gasteiger partial charge in [0.15, 0.2) is 0 Å². The van der Waals surface area contributed by atoms with Crippen molar-refractivity contribution in [2.24, 2.45) is 0 Å². The summed E-state index contributed by atoms with van der Waals surface area (Å²) in [4.78, 5) is 20.1. The van der Waals surface area contributed by atoms with E-state index in [1.165, 1.54) is 12.0 Å². The molecule has 2 aromatic rings. The minimum atomic E-state index is -0.0337. The van der Waals surface area contributed by atoms with Crippen LogP contribution in [0.2, 0.25) is 0 Å². The van der Waals surface area contributed by atoms with Crippen molar-refractivity contribution in [3.05, 3.63) is 58.4 Å². The normalized spacial score (nSPS) is 23.9. The summed E-state index contributed by atoms with van der Waals surface area (Å²) in [5.74, 6) is 0.930. The van der Waals surface area contributed by atoms with E-state index in [1.54, 1.807) is 6.07 Å². The molecule has 2 aliphatic heterocycles. The summed E-state index contributed by atoms with van der Waals surface area (Å²) in [6.07, 6.45) is 3.49. The van der Waals surface area contributed by atoms with Gasteiger partial charge in [0.1, 0.15) is 5.82 Å². The number of H-pyrrole nitrogens is 1. The van der Waals surface area contributed by atoms with Crippen molar-refractivity contribution in [1.82, 2.24) is 4.98 Å². The van der Waals surface area contributed by atoms with Crippen LogP contribution in [0.4, 0.5) is 11.5 Å². The first-order valence-electron chi connectivity index (χ1n) is 9.63. The minimum Gasteiger partial charge on any atom is -0.377 e. The van der Waals surface area contributed by atoms with Crippen molar-refractivity contribution in [3.8, 4) is 0 Å². The number of aromatic amines is 1. The van der Waals surface area contributed by atoms with Gasteiger partial charge in [0.25, 0.3) is 5.56 Å². The molecule has 0 aliphatic carbocycles. The zero-order chi connectivity index (χ0) is 17.9. The molecular weight excluding hydrogens is 326 g/mol. The highest BCUT2D eigenvalue weighted by molar-refractivity contribution is 5.57. The molecule has 0 amide bonds. The molecule has 0 spiro atoms. The number of nitrogens with zero attached hydrogens (tertiary/aromatic N) is 2. The molecule has 2 atom stereocenters. The van der Waals surface area contributed by atoms with Gasteiger partial charge in [0.05, 0.1) is 19.3 Å². The number of piperidine rings is 1. The third-order valence-corrected chi connectivity index (χ3v) is 5.51. The number of aromatic nitrogens is 1. The van der Waals surface area contributed by atoms with E-state index >= 15 is 0 Å². The van der Waals surface area contributed by atoms with Gasteiger partial charge in [-0.05, 0) is 31.7 Å². The number of pyridine rings is 1. The number of morpholine rings is 1. The van der Waals surface area contributed by atoms with Gasteiger partial charge in [-0.1, -0.05) is 30.3 Å². The van der Waals surface area contributed by atoms with E-state index in [2.05, 4.69) is 58.1 Å². The fourth-order valence-corrected chi connectivity index (χ4v) is 4.19. The number of rotatable bonds is 3. The minimum absolute atomic E-state index is 0.0337. The first-order valence-corrected chi connectivity index (χ1v) is 9.63. The van der Waals surface area contributed by atoms with Gasteiger partial charge in [0.2, 0.25) is 0 Å². The maximum absolute atomic E-state index is 12.4. The van der Waals surface area contributed by atoms with Crippen LogP contribution in [0.5, 0.6) is 0 Å². The molecule has 1 N–H and O–H groups in total. The van der Waals surface area contributed by atoms with E-state index < -0.39 is 0 Å². The Balaban J connectivity index is 1.68. The summed E-state index contributed by atoms with van der Waals surface area (Å²) in [6, 6.07) is 15.1. The second kappa shape index (κ2) is 7.54. The molecule has 0 unspecified atom stereocenters. The molecule has 4 rings (SSSR count). The van der Waals surface area contributed by atoms with Crippen molar-refractivity contribution < 1.29 is 4.74 Å². The summed E-state index contributed by atoms with van der Waals surface area (Å²) >= 11 is 0. The Kier molecular flexibility index (Phi) is 4.98. The topological polar surface area (TPSA) is 48.6 Å². The van der Waals surface area contributed by atoms with Gasteiger partial charge < -0.3 is 19.5 Å². The van der Waals surface area contributed by atoms with E-state index in [9.17, 15) is 4.79 Å². The van der Waals surface area contributed by atoms with Gasteiger partial charge in [-0.25, -0.2) is 0 Å². The highest BCUT2D eigenvalue weighted by Crippen LogP contribution is 2.35. The van der Waals surface area contributed by atoms with Crippen LogP contribution in [0.15, 0.2) is 47.3 Å². The molecule has 1 aromatic heterocycles. The summed E-state index contributed by atoms with van der Waals surface area (Å²) in [6.45, 7) is 5.36. The largest absolute Gasteiger partial charge is 0.377 e. The molecule has 2 aliphatic rings. The second-order valence-electron chi connectivity index (χ2n) is 7.32. The van der Waals surface area contributed by atoms with Crippen LogP contribution < -0.4 is 15.4 Å². The summed E-state index contributed by atoms with van der Waals surface area (Å²) in [5, 5.41) is 0. The van der Waals surface area contributed by atoms with Crippen molar-refractivity contribution in [2.75, 3.05) is 36.1 Å². The number of benzene rings is 1. The fourth-order valence-electron chi connectivity index (χ4n) is 4.19. The molecule has 2 saturated heterocycles. The molecule has 5 nitrogen and oxygen atoms in total. The van der Waals surface area contributed by atoms with Crippen LogP contribution in [-0.4, -0.2) is 37.3 Å². The lowest BCUT2D eigenvalue weighted by molar-refractivity contribution is 0.0989. The lowest BCUT2D eigenvalue weighted by atomic mass is 9.95. The highest BCUT2D eigenvalue weighted by atomic mass is 16.5. The van der Waals surface area contributed by atoms with E-state index in [1.807, 2.05) is 0 Å². The Bertz CT molecular complexity index is 789. The molecule has 1 aromatic carbocycles. The molecule has 26 heavy (non-hydrogen) atoms. The van der Waals surface area contributed by atoms with Gasteiger partial charge >= 0.3 is 0 Å². The SMILES string of the molecule is C[C@@H]1COCCN1c1cc(N2CCCC[C@@H]2c2ccccc2)[nH]c(=O)c1. The first-order chi connectivity index (χ1) is 12.7. The van der Waals surface area contributed by atoms with Crippen molar-refractivity contribution >= 4 is 11.5 Å². The zero-order valence-electron chi connectivity index (χ0n) is 15.4. The number of hydrogen-bond donors (Lipinski definition) is 1. The predicted octanol–water partition coefficient (Wildman–Crippen LogP) is 3.33. The second-order valence-corrected chi connectivity index (χ2v) is 7.32. The van der Waals surface area contributed by atoms with Gasteiger partial charge in [-0.3, -0.25) is 4.79 Å². The summed E-state index contributed by atoms with van der Waals surface area (Å²) in [7, 11) is 0. The van der Waals surface area contributed by atoms with E-state index in [4.69, 9.17) is 4.74 Å². The number of nitrogens with one attached hydrogen (secondary N) is 1. The Morgan fingerprint density at radius 1 is 1.08 bits per heavy atom. The van der Waals surface area contributed by atoms with E-state index in [0.29, 0.717) is 19.3 Å². The third kappa shape index (κ3) is 3.49. The Labute approximate surface area is 154 Å². The van der Waals surface area contributed by atoms with Crippen LogP contribution in [0, 0.1) is 0 Å². The Hall–Kier alpha value is -2.27. The maximum atomic E-state index is 12.4. The Morgan fingerprint density at radius 3 is 2.73 bits per heavy atom. The lowest BCUT2D eigenvalue weighted by Crippen LogP contribution is -2.44. The first kappa shape index (κ1) is 17.2. The van der Waals surface area contributed by atoms with Crippen molar-refractivity contribution in [2.45, 2.75) is 38.3 Å². The quantitative estimate of drug-likeness (QED) is 0.919. The molecule has 0 bridgehead atoms. The summed E-state index contributed by atoms with van der Waals surface area (Å²) in [5.41, 5.74) is 2.28. The average molecular weight is 353 g/mol. The molecular formula is C21H27N3O2. The molecule has 2 fully saturated rings. The molecule has 138 valence electrons. The summed E-state index contributed by atoms with van der Waals surface area (Å²) < 4.78 is 5.55. The number of hydrogen-bond acceptors (Lipinski definition) is 4. The highest BCUT2D eigenvalue weighted by Gasteiger charge is 2.26. The molecule has 0 radical (unpaired) electrons. The smallest absolute Gasteiger partial charge is 0.251 e. The monoisotopic (exact) mass is 353 g/mol. The van der Waals surface area contributed by atoms with E-state index in [-0.39, 0.29) is 11.6 Å². The average Bonchev–Trinajstić information content (AvgIpc) is 2.68. The predicted molar refractivity (Wildman–Crippen MR) is 105 cm³/mol.